The van der Waals surface area contributed by atoms with Crippen molar-refractivity contribution < 1.29 is 69.0 Å². The maximum absolute atomic E-state index is 13.1. The molecule has 14 nitrogen and oxygen atoms in total. The Morgan fingerprint density at radius 2 is 0.805 bits per heavy atom. The molecule has 2 rings (SSSR count). The van der Waals surface area contributed by atoms with Gasteiger partial charge >= 0.3 is 5.97 Å². The molecule has 2 aliphatic heterocycles. The number of allylic oxidation sites excluding steroid dienone is 8. The van der Waals surface area contributed by atoms with Crippen LogP contribution in [0.4, 0.5) is 0 Å². The van der Waals surface area contributed by atoms with E-state index in [1.165, 1.54) is 161 Å². The fourth-order valence-corrected chi connectivity index (χ4v) is 9.76. The molecule has 2 heterocycles. The van der Waals surface area contributed by atoms with Crippen molar-refractivity contribution in [3.05, 3.63) is 48.6 Å². The highest BCUT2D eigenvalue weighted by Crippen LogP contribution is 2.27. The van der Waals surface area contributed by atoms with E-state index in [-0.39, 0.29) is 25.6 Å². The van der Waals surface area contributed by atoms with Crippen LogP contribution >= 0.6 is 0 Å². The van der Waals surface area contributed by atoms with E-state index in [1.807, 2.05) is 0 Å². The van der Waals surface area contributed by atoms with Crippen LogP contribution in [0.15, 0.2) is 48.6 Å². The van der Waals surface area contributed by atoms with E-state index >= 15 is 0 Å². The number of ether oxygens (including phenoxy) is 6. The van der Waals surface area contributed by atoms with Gasteiger partial charge in [-0.25, -0.2) is 0 Å². The molecule has 77 heavy (non-hydrogen) atoms. The smallest absolute Gasteiger partial charge is 0.306 e. The number of hydrogen-bond donors (Lipinski definition) is 7. The summed E-state index contributed by atoms with van der Waals surface area (Å²) in [4.78, 5) is 13.1. The van der Waals surface area contributed by atoms with Crippen LogP contribution in [0.3, 0.4) is 0 Å². The van der Waals surface area contributed by atoms with E-state index in [0.717, 1.165) is 57.8 Å². The van der Waals surface area contributed by atoms with Gasteiger partial charge in [-0.05, 0) is 77.0 Å². The van der Waals surface area contributed by atoms with Crippen LogP contribution in [0.2, 0.25) is 0 Å². The molecular formula is C63H114O14. The Labute approximate surface area is 467 Å². The Morgan fingerprint density at radius 1 is 0.429 bits per heavy atom. The molecule has 7 N–H and O–H groups in total. The monoisotopic (exact) mass is 1090 g/mol. The van der Waals surface area contributed by atoms with Crippen molar-refractivity contribution in [3.8, 4) is 0 Å². The minimum absolute atomic E-state index is 0.0579. The standard InChI is InChI=1S/C63H114O14/c1-3-5-7-9-11-13-15-17-19-21-23-25-26-27-28-30-32-34-36-38-40-42-44-46-55(65)75-52(49-72-47-45-43-41-39-37-35-33-31-29-24-22-20-18-16-14-12-10-8-6-4-2)50-73-62-61(71)59(69)57(67)54(77-62)51-74-63-60(70)58(68)56(66)53(48-64)76-63/h15,17-18,20-21,23,26-27,52-54,56-64,66-71H,3-14,16,19,22,24-25,28-51H2,1-2H3/b17-15-,20-18-,23-21-,27-26-. The van der Waals surface area contributed by atoms with Gasteiger partial charge in [-0.1, -0.05) is 210 Å². The highest BCUT2D eigenvalue weighted by Gasteiger charge is 2.47. The van der Waals surface area contributed by atoms with Gasteiger partial charge in [-0.3, -0.25) is 4.79 Å². The van der Waals surface area contributed by atoms with Crippen LogP contribution in [-0.2, 0) is 33.2 Å². The first kappa shape index (κ1) is 71.1. The maximum Gasteiger partial charge on any atom is 0.306 e. The molecule has 0 amide bonds. The summed E-state index contributed by atoms with van der Waals surface area (Å²) in [6.45, 7) is 3.69. The zero-order valence-electron chi connectivity index (χ0n) is 48.4. The van der Waals surface area contributed by atoms with Gasteiger partial charge in [-0.15, -0.1) is 0 Å². The van der Waals surface area contributed by atoms with Crippen LogP contribution in [0.1, 0.15) is 245 Å². The average Bonchev–Trinajstić information content (AvgIpc) is 3.43. The minimum Gasteiger partial charge on any atom is -0.457 e. The number of carbonyl (C=O) groups excluding carboxylic acids is 1. The van der Waals surface area contributed by atoms with Gasteiger partial charge in [0.1, 0.15) is 54.9 Å². The lowest BCUT2D eigenvalue weighted by Gasteiger charge is -2.42. The number of aliphatic hydroxyl groups excluding tert-OH is 7. The van der Waals surface area contributed by atoms with Gasteiger partial charge in [0.05, 0.1) is 26.4 Å². The van der Waals surface area contributed by atoms with Crippen LogP contribution in [-0.4, -0.2) is 142 Å². The lowest BCUT2D eigenvalue weighted by molar-refractivity contribution is -0.332. The van der Waals surface area contributed by atoms with E-state index in [0.29, 0.717) is 13.0 Å². The molecule has 0 radical (unpaired) electrons. The molecule has 14 heteroatoms. The first-order valence-corrected chi connectivity index (χ1v) is 31.2. The van der Waals surface area contributed by atoms with E-state index in [1.54, 1.807) is 0 Å². The Balaban J connectivity index is 1.70. The quantitative estimate of drug-likeness (QED) is 0.0172. The molecule has 11 atom stereocenters. The fraction of sp³-hybridized carbons (Fsp3) is 0.857. The average molecular weight is 1100 g/mol. The predicted octanol–water partition coefficient (Wildman–Crippen LogP) is 11.9. The van der Waals surface area contributed by atoms with Crippen molar-refractivity contribution in [1.29, 1.82) is 0 Å². The van der Waals surface area contributed by atoms with Gasteiger partial charge < -0.3 is 64.2 Å². The molecular weight excluding hydrogens is 981 g/mol. The lowest BCUT2D eigenvalue weighted by Crippen LogP contribution is -2.61. The summed E-state index contributed by atoms with van der Waals surface area (Å²) < 4.78 is 34.5. The van der Waals surface area contributed by atoms with E-state index in [2.05, 4.69) is 62.5 Å². The molecule has 0 bridgehead atoms. The first-order chi connectivity index (χ1) is 37.6. The van der Waals surface area contributed by atoms with Gasteiger partial charge in [0.2, 0.25) is 0 Å². The van der Waals surface area contributed by atoms with Gasteiger partial charge in [0.15, 0.2) is 12.6 Å². The van der Waals surface area contributed by atoms with Crippen LogP contribution in [0.25, 0.3) is 0 Å². The van der Waals surface area contributed by atoms with E-state index < -0.39 is 80.7 Å². The molecule has 2 saturated heterocycles. The van der Waals surface area contributed by atoms with Crippen molar-refractivity contribution in [2.24, 2.45) is 0 Å². The molecule has 0 aromatic carbocycles. The molecule has 0 aromatic heterocycles. The summed E-state index contributed by atoms with van der Waals surface area (Å²) in [7, 11) is 0. The third kappa shape index (κ3) is 36.1. The molecule has 2 aliphatic rings. The SMILES string of the molecule is CCCCCCC/C=C\C/C=C\C/C=C\CCCCCCCCCCC(=O)OC(COCCCCCCCCCCCC/C=C\CCCCCCCC)COC1OC(COC2OC(CO)C(O)C(O)C2O)C(O)C(O)C1O. The second-order valence-corrected chi connectivity index (χ2v) is 21.9. The molecule has 0 saturated carbocycles. The maximum atomic E-state index is 13.1. The normalized spacial score (nSPS) is 24.6. The van der Waals surface area contributed by atoms with Crippen molar-refractivity contribution >= 4 is 5.97 Å². The summed E-state index contributed by atoms with van der Waals surface area (Å²) >= 11 is 0. The summed E-state index contributed by atoms with van der Waals surface area (Å²) in [5.41, 5.74) is 0. The second-order valence-electron chi connectivity index (χ2n) is 21.9. The molecule has 11 unspecified atom stereocenters. The van der Waals surface area contributed by atoms with E-state index in [9.17, 15) is 40.5 Å². The number of hydrogen-bond acceptors (Lipinski definition) is 14. The largest absolute Gasteiger partial charge is 0.457 e. The highest BCUT2D eigenvalue weighted by molar-refractivity contribution is 5.69. The van der Waals surface area contributed by atoms with Crippen LogP contribution < -0.4 is 0 Å². The van der Waals surface area contributed by atoms with Crippen molar-refractivity contribution in [2.45, 2.75) is 313 Å². The van der Waals surface area contributed by atoms with Gasteiger partial charge in [0.25, 0.3) is 0 Å². The second kappa shape index (κ2) is 49.7. The van der Waals surface area contributed by atoms with Crippen molar-refractivity contribution in [1.82, 2.24) is 0 Å². The van der Waals surface area contributed by atoms with Crippen LogP contribution in [0, 0.1) is 0 Å². The zero-order valence-corrected chi connectivity index (χ0v) is 48.4. The number of rotatable bonds is 51. The van der Waals surface area contributed by atoms with Gasteiger partial charge in [0, 0.05) is 13.0 Å². The van der Waals surface area contributed by atoms with Gasteiger partial charge in [-0.2, -0.15) is 0 Å². The fourth-order valence-electron chi connectivity index (χ4n) is 9.76. The molecule has 450 valence electrons. The Kier molecular flexibility index (Phi) is 45.9. The number of unbranched alkanes of at least 4 members (excludes halogenated alkanes) is 29. The molecule has 2 fully saturated rings. The Bertz CT molecular complexity index is 1460. The summed E-state index contributed by atoms with van der Waals surface area (Å²) in [6, 6.07) is 0. The third-order valence-electron chi connectivity index (χ3n) is 14.8. The molecule has 0 spiro atoms. The predicted molar refractivity (Wildman–Crippen MR) is 307 cm³/mol. The Hall–Kier alpha value is -2.05. The lowest BCUT2D eigenvalue weighted by atomic mass is 9.98. The number of aliphatic hydroxyl groups is 7. The summed E-state index contributed by atoms with van der Waals surface area (Å²) in [5.74, 6) is -0.381. The van der Waals surface area contributed by atoms with Crippen LogP contribution in [0.5, 0.6) is 0 Å². The molecule has 0 aliphatic carbocycles. The minimum atomic E-state index is -1.71. The number of esters is 1. The highest BCUT2D eigenvalue weighted by atomic mass is 16.7. The summed E-state index contributed by atoms with van der Waals surface area (Å²) in [6.07, 6.45) is 44.5. The first-order valence-electron chi connectivity index (χ1n) is 31.2. The van der Waals surface area contributed by atoms with Crippen molar-refractivity contribution in [3.63, 3.8) is 0 Å². The van der Waals surface area contributed by atoms with E-state index in [4.69, 9.17) is 28.4 Å². The van der Waals surface area contributed by atoms with Crippen molar-refractivity contribution in [2.75, 3.05) is 33.0 Å². The summed E-state index contributed by atoms with van der Waals surface area (Å²) in [5, 5.41) is 72.4. The molecule has 0 aromatic rings. The number of carbonyl (C=O) groups is 1. The third-order valence-corrected chi connectivity index (χ3v) is 14.8. The Morgan fingerprint density at radius 3 is 1.27 bits per heavy atom. The zero-order chi connectivity index (χ0) is 55.8. The topological polar surface area (TPSA) is 214 Å².